The Bertz CT molecular complexity index is 699. The summed E-state index contributed by atoms with van der Waals surface area (Å²) in [6.07, 6.45) is 13.7. The lowest BCUT2D eigenvalue weighted by Gasteiger charge is -2.38. The van der Waals surface area contributed by atoms with E-state index in [4.69, 9.17) is 9.47 Å². The van der Waals surface area contributed by atoms with E-state index >= 15 is 0 Å². The van der Waals surface area contributed by atoms with Gasteiger partial charge in [-0.2, -0.15) is 0 Å². The van der Waals surface area contributed by atoms with Crippen molar-refractivity contribution in [3.8, 4) is 5.75 Å². The van der Waals surface area contributed by atoms with Gasteiger partial charge in [-0.3, -0.25) is 0 Å². The molecule has 0 aromatic heterocycles. The topological polar surface area (TPSA) is 18.5 Å². The van der Waals surface area contributed by atoms with Gasteiger partial charge in [0.05, 0.1) is 6.10 Å². The molecule has 5 atom stereocenters. The van der Waals surface area contributed by atoms with E-state index in [1.807, 2.05) is 13.8 Å². The Balaban J connectivity index is 0.00000269. The second kappa shape index (κ2) is 20.0. The summed E-state index contributed by atoms with van der Waals surface area (Å²) in [6, 6.07) is 8.91. The first-order chi connectivity index (χ1) is 18.4. The molecule has 1 fully saturated rings. The second-order valence-electron chi connectivity index (χ2n) is 13.7. The minimum absolute atomic E-state index is 0.186. The van der Waals surface area contributed by atoms with Crippen LogP contribution in [0.1, 0.15) is 172 Å². The summed E-state index contributed by atoms with van der Waals surface area (Å²) >= 11 is 0. The van der Waals surface area contributed by atoms with Crippen molar-refractivity contribution in [1.82, 2.24) is 0 Å². The molecule has 0 saturated heterocycles. The van der Waals surface area contributed by atoms with Gasteiger partial charge < -0.3 is 9.47 Å². The molecule has 0 heterocycles. The Hall–Kier alpha value is -1.02. The number of hydrogen-bond acceptors (Lipinski definition) is 2. The third-order valence-electron chi connectivity index (χ3n) is 8.34. The zero-order valence-corrected chi connectivity index (χ0v) is 28.8. The predicted molar refractivity (Wildman–Crippen MR) is 175 cm³/mol. The first-order valence-electron chi connectivity index (χ1n) is 16.8. The average molecular weight is 547 g/mol. The highest BCUT2D eigenvalue weighted by Crippen LogP contribution is 2.40. The molecule has 0 radical (unpaired) electrons. The Morgan fingerprint density at radius 2 is 1.46 bits per heavy atom. The second-order valence-corrected chi connectivity index (χ2v) is 13.7. The van der Waals surface area contributed by atoms with Crippen LogP contribution in [0.4, 0.5) is 0 Å². The summed E-state index contributed by atoms with van der Waals surface area (Å²) < 4.78 is 13.3. The Morgan fingerprint density at radius 3 is 1.92 bits per heavy atom. The number of ether oxygens (including phenoxy) is 2. The number of unbranched alkanes of at least 4 members (excludes halogenated alkanes) is 1. The SMILES string of the molecule is CC.CCC.CCCCC1CCC(OC(CC(C)(C)CC)Oc2ccc(C(CCC)C(C)(C)C)cc2)C(C)C1. The zero-order valence-electron chi connectivity index (χ0n) is 28.8. The first-order valence-corrected chi connectivity index (χ1v) is 16.8. The fourth-order valence-electron chi connectivity index (χ4n) is 5.66. The lowest BCUT2D eigenvalue weighted by molar-refractivity contribution is -0.160. The van der Waals surface area contributed by atoms with Gasteiger partial charge in [0.15, 0.2) is 0 Å². The molecular weight excluding hydrogens is 476 g/mol. The van der Waals surface area contributed by atoms with Crippen molar-refractivity contribution in [2.24, 2.45) is 22.7 Å². The van der Waals surface area contributed by atoms with Crippen molar-refractivity contribution in [3.05, 3.63) is 29.8 Å². The van der Waals surface area contributed by atoms with Gasteiger partial charge in [0, 0.05) is 6.42 Å². The molecule has 2 heteroatoms. The average Bonchev–Trinajstić information content (AvgIpc) is 2.89. The maximum atomic E-state index is 6.75. The number of rotatable bonds is 13. The molecule has 2 nitrogen and oxygen atoms in total. The quantitative estimate of drug-likeness (QED) is 0.229. The molecule has 39 heavy (non-hydrogen) atoms. The summed E-state index contributed by atoms with van der Waals surface area (Å²) in [7, 11) is 0. The zero-order chi connectivity index (χ0) is 30.1. The fourth-order valence-corrected chi connectivity index (χ4v) is 5.66. The molecule has 230 valence electrons. The van der Waals surface area contributed by atoms with Crippen molar-refractivity contribution < 1.29 is 9.47 Å². The van der Waals surface area contributed by atoms with Gasteiger partial charge in [-0.05, 0) is 72.0 Å². The van der Waals surface area contributed by atoms with E-state index in [0.717, 1.165) is 24.5 Å². The van der Waals surface area contributed by atoms with Gasteiger partial charge in [-0.1, -0.05) is 141 Å². The van der Waals surface area contributed by atoms with Crippen molar-refractivity contribution >= 4 is 0 Å². The smallest absolute Gasteiger partial charge is 0.200 e. The van der Waals surface area contributed by atoms with Gasteiger partial charge in [0.25, 0.3) is 0 Å². The van der Waals surface area contributed by atoms with E-state index in [0.29, 0.717) is 17.9 Å². The highest BCUT2D eigenvalue weighted by atomic mass is 16.7. The van der Waals surface area contributed by atoms with Crippen LogP contribution in [-0.2, 0) is 4.74 Å². The van der Waals surface area contributed by atoms with E-state index in [9.17, 15) is 0 Å². The maximum absolute atomic E-state index is 6.75. The van der Waals surface area contributed by atoms with Crippen LogP contribution in [0, 0.1) is 22.7 Å². The van der Waals surface area contributed by atoms with Crippen LogP contribution in [0.5, 0.6) is 5.75 Å². The van der Waals surface area contributed by atoms with E-state index < -0.39 is 0 Å². The monoisotopic (exact) mass is 547 g/mol. The third-order valence-corrected chi connectivity index (χ3v) is 8.34. The van der Waals surface area contributed by atoms with Gasteiger partial charge >= 0.3 is 0 Å². The number of benzene rings is 1. The lowest BCUT2D eigenvalue weighted by atomic mass is 9.74. The Morgan fingerprint density at radius 1 is 0.872 bits per heavy atom. The molecule has 0 bridgehead atoms. The molecule has 0 amide bonds. The normalized spacial score (nSPS) is 21.1. The molecule has 1 aliphatic carbocycles. The maximum Gasteiger partial charge on any atom is 0.200 e. The van der Waals surface area contributed by atoms with E-state index in [2.05, 4.69) is 100 Å². The van der Waals surface area contributed by atoms with Crippen molar-refractivity contribution in [3.63, 3.8) is 0 Å². The largest absolute Gasteiger partial charge is 0.465 e. The van der Waals surface area contributed by atoms with Gasteiger partial charge in [-0.15, -0.1) is 0 Å². The van der Waals surface area contributed by atoms with E-state index in [-0.39, 0.29) is 17.1 Å². The number of hydrogen-bond donors (Lipinski definition) is 0. The minimum Gasteiger partial charge on any atom is -0.465 e. The Kier molecular flexibility index (Phi) is 19.4. The van der Waals surface area contributed by atoms with E-state index in [1.165, 1.54) is 63.4 Å². The molecule has 0 N–H and O–H groups in total. The molecular formula is C37H70O2. The van der Waals surface area contributed by atoms with Gasteiger partial charge in [-0.25, -0.2) is 0 Å². The summed E-state index contributed by atoms with van der Waals surface area (Å²) in [5.41, 5.74) is 1.89. The van der Waals surface area contributed by atoms with Crippen molar-refractivity contribution in [2.45, 2.75) is 179 Å². The summed E-state index contributed by atoms with van der Waals surface area (Å²) in [5, 5.41) is 0. The molecule has 2 rings (SSSR count). The summed E-state index contributed by atoms with van der Waals surface area (Å²) in [6.45, 7) is 29.2. The van der Waals surface area contributed by atoms with Crippen molar-refractivity contribution in [1.29, 1.82) is 0 Å². The first kappa shape index (κ1) is 38.0. The highest BCUT2D eigenvalue weighted by Gasteiger charge is 2.33. The summed E-state index contributed by atoms with van der Waals surface area (Å²) in [5.74, 6) is 3.00. The van der Waals surface area contributed by atoms with Crippen LogP contribution in [0.25, 0.3) is 0 Å². The minimum atomic E-state index is -0.186. The Labute approximate surface area is 246 Å². The third kappa shape index (κ3) is 15.0. The molecule has 0 aliphatic heterocycles. The van der Waals surface area contributed by atoms with Crippen LogP contribution < -0.4 is 4.74 Å². The van der Waals surface area contributed by atoms with Crippen LogP contribution in [-0.4, -0.2) is 12.4 Å². The molecule has 1 aliphatic rings. The highest BCUT2D eigenvalue weighted by molar-refractivity contribution is 5.30. The predicted octanol–water partition coefficient (Wildman–Crippen LogP) is 12.6. The van der Waals surface area contributed by atoms with Crippen LogP contribution in [0.2, 0.25) is 0 Å². The lowest BCUT2D eigenvalue weighted by Crippen LogP contribution is -2.37. The standard InChI is InChI=1S/C32H56O2.C3H8.C2H6/c1-10-13-15-25-16-21-29(24(4)22-25)34-30(23-32(8,9)12-3)33-27-19-17-26(18-20-27)28(14-11-2)31(5,6)7;1-3-2;1-2/h17-20,24-25,28-30H,10-16,21-23H2,1-9H3;3H2,1-2H3;1-2H3. The molecule has 1 aromatic rings. The molecule has 0 spiro atoms. The van der Waals surface area contributed by atoms with Gasteiger partial charge in [0.1, 0.15) is 5.75 Å². The van der Waals surface area contributed by atoms with Crippen LogP contribution in [0.15, 0.2) is 24.3 Å². The van der Waals surface area contributed by atoms with Crippen LogP contribution >= 0.6 is 0 Å². The van der Waals surface area contributed by atoms with E-state index in [1.54, 1.807) is 0 Å². The summed E-state index contributed by atoms with van der Waals surface area (Å²) in [4.78, 5) is 0. The van der Waals surface area contributed by atoms with Gasteiger partial charge in [0.2, 0.25) is 6.29 Å². The molecule has 5 unspecified atom stereocenters. The van der Waals surface area contributed by atoms with Crippen molar-refractivity contribution in [2.75, 3.05) is 0 Å². The fraction of sp³-hybridized carbons (Fsp3) is 0.838. The molecule has 1 aromatic carbocycles. The molecule has 1 saturated carbocycles. The van der Waals surface area contributed by atoms with Crippen LogP contribution in [0.3, 0.4) is 0 Å².